The third-order valence-electron chi connectivity index (χ3n) is 5.51. The Hall–Kier alpha value is -3.27. The maximum atomic E-state index is 13.6. The zero-order chi connectivity index (χ0) is 25.6. The first kappa shape index (κ1) is 26.3. The summed E-state index contributed by atoms with van der Waals surface area (Å²) >= 11 is 0. The maximum absolute atomic E-state index is 13.6. The molecule has 0 fully saturated rings. The Morgan fingerprint density at radius 2 is 1.69 bits per heavy atom. The number of anilines is 1. The molecular formula is C25H33N3O6S. The second-order valence-electron chi connectivity index (χ2n) is 8.69. The highest BCUT2D eigenvalue weighted by Gasteiger charge is 2.32. The van der Waals surface area contributed by atoms with Gasteiger partial charge in [0.2, 0.25) is 21.8 Å². The topological polar surface area (TPSA) is 105 Å². The summed E-state index contributed by atoms with van der Waals surface area (Å²) < 4.78 is 37.6. The van der Waals surface area contributed by atoms with Crippen molar-refractivity contribution in [1.82, 2.24) is 10.2 Å². The van der Waals surface area contributed by atoms with E-state index in [1.54, 1.807) is 18.2 Å². The van der Waals surface area contributed by atoms with Crippen LogP contribution in [0.1, 0.15) is 32.8 Å². The van der Waals surface area contributed by atoms with Gasteiger partial charge in [-0.05, 0) is 38.0 Å². The Morgan fingerprint density at radius 1 is 1.03 bits per heavy atom. The van der Waals surface area contributed by atoms with Crippen LogP contribution in [0.3, 0.4) is 0 Å². The van der Waals surface area contributed by atoms with Crippen molar-refractivity contribution in [1.29, 1.82) is 0 Å². The number of carbonyl (C=O) groups excluding carboxylic acids is 2. The monoisotopic (exact) mass is 503 g/mol. The van der Waals surface area contributed by atoms with Gasteiger partial charge in [0.05, 0.1) is 11.9 Å². The molecule has 0 spiro atoms. The van der Waals surface area contributed by atoms with Crippen LogP contribution in [0.2, 0.25) is 0 Å². The SMILES string of the molecule is CC[C@H](C(=O)NC(C)C)N(Cc1ccccc1)C(=O)CN(c1ccc2c(c1)OCCO2)S(C)(=O)=O. The van der Waals surface area contributed by atoms with Gasteiger partial charge in [-0.3, -0.25) is 13.9 Å². The van der Waals surface area contributed by atoms with Crippen LogP contribution in [0.5, 0.6) is 11.5 Å². The van der Waals surface area contributed by atoms with Crippen molar-refractivity contribution in [3.8, 4) is 11.5 Å². The van der Waals surface area contributed by atoms with E-state index in [1.807, 2.05) is 51.1 Å². The Labute approximate surface area is 207 Å². The van der Waals surface area contributed by atoms with E-state index in [1.165, 1.54) is 4.90 Å². The highest BCUT2D eigenvalue weighted by atomic mass is 32.2. The summed E-state index contributed by atoms with van der Waals surface area (Å²) in [6.45, 7) is 5.99. The predicted octanol–water partition coefficient (Wildman–Crippen LogP) is 2.56. The van der Waals surface area contributed by atoms with E-state index >= 15 is 0 Å². The van der Waals surface area contributed by atoms with Gasteiger partial charge in [0.25, 0.3) is 0 Å². The Kier molecular flexibility index (Phi) is 8.61. The Morgan fingerprint density at radius 3 is 2.29 bits per heavy atom. The van der Waals surface area contributed by atoms with E-state index in [0.717, 1.165) is 16.1 Å². The minimum Gasteiger partial charge on any atom is -0.486 e. The molecule has 2 aromatic rings. The number of nitrogens with zero attached hydrogens (tertiary/aromatic N) is 2. The zero-order valence-corrected chi connectivity index (χ0v) is 21.4. The molecule has 1 aliphatic rings. The molecule has 0 saturated carbocycles. The molecule has 0 aliphatic carbocycles. The molecule has 0 saturated heterocycles. The molecule has 35 heavy (non-hydrogen) atoms. The van der Waals surface area contributed by atoms with Crippen molar-refractivity contribution in [3.63, 3.8) is 0 Å². The number of sulfonamides is 1. The van der Waals surface area contributed by atoms with Crippen LogP contribution in [0.4, 0.5) is 5.69 Å². The molecule has 10 heteroatoms. The number of hydrogen-bond acceptors (Lipinski definition) is 6. The summed E-state index contributed by atoms with van der Waals surface area (Å²) in [7, 11) is -3.83. The fourth-order valence-electron chi connectivity index (χ4n) is 3.88. The van der Waals surface area contributed by atoms with Crippen LogP contribution in [-0.4, -0.2) is 63.2 Å². The highest BCUT2D eigenvalue weighted by molar-refractivity contribution is 7.92. The van der Waals surface area contributed by atoms with Gasteiger partial charge in [0, 0.05) is 18.7 Å². The lowest BCUT2D eigenvalue weighted by Crippen LogP contribution is -2.53. The highest BCUT2D eigenvalue weighted by Crippen LogP contribution is 2.34. The number of fused-ring (bicyclic) bond motifs is 1. The van der Waals surface area contributed by atoms with Gasteiger partial charge in [0.1, 0.15) is 25.8 Å². The number of nitrogens with one attached hydrogen (secondary N) is 1. The van der Waals surface area contributed by atoms with Crippen molar-refractivity contribution >= 4 is 27.5 Å². The summed E-state index contributed by atoms with van der Waals surface area (Å²) in [5.41, 5.74) is 1.12. The van der Waals surface area contributed by atoms with Crippen LogP contribution < -0.4 is 19.1 Å². The van der Waals surface area contributed by atoms with E-state index < -0.39 is 28.5 Å². The second-order valence-corrected chi connectivity index (χ2v) is 10.6. The van der Waals surface area contributed by atoms with Crippen molar-refractivity contribution in [2.45, 2.75) is 45.8 Å². The molecule has 3 rings (SSSR count). The van der Waals surface area contributed by atoms with E-state index in [2.05, 4.69) is 5.32 Å². The predicted molar refractivity (Wildman–Crippen MR) is 134 cm³/mol. The molecular weight excluding hydrogens is 470 g/mol. The molecule has 9 nitrogen and oxygen atoms in total. The lowest BCUT2D eigenvalue weighted by molar-refractivity contribution is -0.140. The standard InChI is InChI=1S/C25H33N3O6S/c1-5-21(25(30)26-18(2)3)27(16-19-9-7-6-8-10-19)24(29)17-28(35(4,31)32)20-11-12-22-23(15-20)34-14-13-33-22/h6-12,15,18,21H,5,13-14,16-17H2,1-4H3,(H,26,30)/t21-/m1/s1. The van der Waals surface area contributed by atoms with Gasteiger partial charge in [-0.15, -0.1) is 0 Å². The normalized spacial score (nSPS) is 13.7. The summed E-state index contributed by atoms with van der Waals surface area (Å²) in [5, 5.41) is 2.87. The molecule has 1 N–H and O–H groups in total. The summed E-state index contributed by atoms with van der Waals surface area (Å²) in [6.07, 6.45) is 1.42. The molecule has 190 valence electrons. The van der Waals surface area contributed by atoms with Gasteiger partial charge in [-0.1, -0.05) is 37.3 Å². The van der Waals surface area contributed by atoms with Crippen molar-refractivity contribution < 1.29 is 27.5 Å². The van der Waals surface area contributed by atoms with E-state index in [9.17, 15) is 18.0 Å². The van der Waals surface area contributed by atoms with E-state index in [0.29, 0.717) is 31.1 Å². The van der Waals surface area contributed by atoms with Crippen LogP contribution >= 0.6 is 0 Å². The minimum atomic E-state index is -3.83. The zero-order valence-electron chi connectivity index (χ0n) is 20.6. The molecule has 1 heterocycles. The van der Waals surface area contributed by atoms with Gasteiger partial charge in [-0.25, -0.2) is 8.42 Å². The first-order chi connectivity index (χ1) is 16.6. The minimum absolute atomic E-state index is 0.101. The number of rotatable bonds is 10. The van der Waals surface area contributed by atoms with E-state index in [4.69, 9.17) is 9.47 Å². The summed E-state index contributed by atoms with van der Waals surface area (Å²) in [5.74, 6) is 0.164. The Balaban J connectivity index is 1.94. The van der Waals surface area contributed by atoms with Crippen LogP contribution in [0.15, 0.2) is 48.5 Å². The molecule has 0 unspecified atom stereocenters. The van der Waals surface area contributed by atoms with Crippen molar-refractivity contribution in [3.05, 3.63) is 54.1 Å². The van der Waals surface area contributed by atoms with E-state index in [-0.39, 0.29) is 24.2 Å². The molecule has 1 atom stereocenters. The van der Waals surface area contributed by atoms with Gasteiger partial charge in [-0.2, -0.15) is 0 Å². The third-order valence-corrected chi connectivity index (χ3v) is 6.65. The largest absolute Gasteiger partial charge is 0.486 e. The van der Waals surface area contributed by atoms with Crippen LogP contribution in [-0.2, 0) is 26.2 Å². The van der Waals surface area contributed by atoms with Crippen molar-refractivity contribution in [2.24, 2.45) is 0 Å². The third kappa shape index (κ3) is 6.88. The molecule has 2 amide bonds. The summed E-state index contributed by atoms with van der Waals surface area (Å²) in [4.78, 5) is 28.1. The second kappa shape index (κ2) is 11.4. The van der Waals surface area contributed by atoms with Crippen LogP contribution in [0, 0.1) is 0 Å². The van der Waals surface area contributed by atoms with Gasteiger partial charge in [0.15, 0.2) is 11.5 Å². The van der Waals surface area contributed by atoms with Gasteiger partial charge >= 0.3 is 0 Å². The van der Waals surface area contributed by atoms with Crippen molar-refractivity contribution in [2.75, 3.05) is 30.3 Å². The Bertz CT molecular complexity index is 1140. The number of amides is 2. The molecule has 1 aliphatic heterocycles. The smallest absolute Gasteiger partial charge is 0.244 e. The first-order valence-electron chi connectivity index (χ1n) is 11.6. The lowest BCUT2D eigenvalue weighted by atomic mass is 10.1. The fraction of sp³-hybridized carbons (Fsp3) is 0.440. The molecule has 0 radical (unpaired) electrons. The quantitative estimate of drug-likeness (QED) is 0.534. The number of hydrogen-bond donors (Lipinski definition) is 1. The molecule has 0 bridgehead atoms. The molecule has 2 aromatic carbocycles. The fourth-order valence-corrected chi connectivity index (χ4v) is 4.72. The number of carbonyl (C=O) groups is 2. The van der Waals surface area contributed by atoms with Crippen LogP contribution in [0.25, 0.3) is 0 Å². The average Bonchev–Trinajstić information content (AvgIpc) is 2.81. The first-order valence-corrected chi connectivity index (χ1v) is 13.5. The molecule has 0 aromatic heterocycles. The summed E-state index contributed by atoms with van der Waals surface area (Å²) in [6, 6.07) is 13.2. The lowest BCUT2D eigenvalue weighted by Gasteiger charge is -2.33. The maximum Gasteiger partial charge on any atom is 0.244 e. The number of ether oxygens (including phenoxy) is 2. The number of benzene rings is 2. The average molecular weight is 504 g/mol. The van der Waals surface area contributed by atoms with Gasteiger partial charge < -0.3 is 19.7 Å².